The topological polar surface area (TPSA) is 3.24 Å². The summed E-state index contributed by atoms with van der Waals surface area (Å²) in [6, 6.07) is 1.38. The molecule has 0 aromatic heterocycles. The molecular formula is C39H68BN. The van der Waals surface area contributed by atoms with Gasteiger partial charge in [0.15, 0.2) is 0 Å². The number of rotatable bonds is 5. The lowest BCUT2D eigenvalue weighted by Gasteiger charge is -2.53. The summed E-state index contributed by atoms with van der Waals surface area (Å²) in [5.41, 5.74) is 0. The zero-order chi connectivity index (χ0) is 28.4. The zero-order valence-corrected chi connectivity index (χ0v) is 28.3. The van der Waals surface area contributed by atoms with Gasteiger partial charge in [-0.3, -0.25) is 0 Å². The smallest absolute Gasteiger partial charge is 0.231 e. The van der Waals surface area contributed by atoms with Crippen LogP contribution in [0.1, 0.15) is 151 Å². The molecule has 0 radical (unpaired) electrons. The van der Waals surface area contributed by atoms with Crippen LogP contribution in [0.4, 0.5) is 0 Å². The van der Waals surface area contributed by atoms with Crippen molar-refractivity contribution in [3.8, 4) is 0 Å². The number of fused-ring (bicyclic) bond motifs is 6. The first-order valence-electron chi connectivity index (χ1n) is 19.6. The minimum atomic E-state index is 0.688. The minimum absolute atomic E-state index is 0.688. The molecule has 6 saturated carbocycles. The molecule has 1 nitrogen and oxygen atoms in total. The van der Waals surface area contributed by atoms with Gasteiger partial charge in [-0.2, -0.15) is 0 Å². The number of hydrogen-bond acceptors (Lipinski definition) is 1. The molecule has 0 spiro atoms. The van der Waals surface area contributed by atoms with Gasteiger partial charge in [0.1, 0.15) is 0 Å². The first-order valence-corrected chi connectivity index (χ1v) is 19.6. The van der Waals surface area contributed by atoms with Gasteiger partial charge < -0.3 is 4.81 Å². The van der Waals surface area contributed by atoms with Crippen molar-refractivity contribution in [1.82, 2.24) is 4.81 Å². The zero-order valence-electron chi connectivity index (χ0n) is 28.3. The van der Waals surface area contributed by atoms with Crippen molar-refractivity contribution in [3.05, 3.63) is 0 Å². The van der Waals surface area contributed by atoms with Gasteiger partial charge in [-0.25, -0.2) is 0 Å². The largest absolute Gasteiger partial charge is 0.337 e. The van der Waals surface area contributed by atoms with E-state index in [-0.39, 0.29) is 0 Å². The van der Waals surface area contributed by atoms with Crippen molar-refractivity contribution in [2.75, 3.05) is 0 Å². The fraction of sp³-hybridized carbons (Fsp3) is 1.00. The summed E-state index contributed by atoms with van der Waals surface area (Å²) in [6.07, 6.45) is 26.6. The van der Waals surface area contributed by atoms with E-state index >= 15 is 0 Å². The fourth-order valence-electron chi connectivity index (χ4n) is 15.0. The summed E-state index contributed by atoms with van der Waals surface area (Å²) in [7, 11) is 0. The highest BCUT2D eigenvalue weighted by Gasteiger charge is 2.64. The maximum Gasteiger partial charge on any atom is 0.231 e. The van der Waals surface area contributed by atoms with Gasteiger partial charge in [-0.1, -0.05) is 106 Å². The Morgan fingerprint density at radius 3 is 1.24 bits per heavy atom. The molecule has 0 aromatic rings. The van der Waals surface area contributed by atoms with Crippen LogP contribution in [0.15, 0.2) is 0 Å². The normalized spacial score (nSPS) is 50.1. The van der Waals surface area contributed by atoms with Crippen molar-refractivity contribution in [1.29, 1.82) is 0 Å². The van der Waals surface area contributed by atoms with Gasteiger partial charge in [-0.05, 0) is 140 Å². The Morgan fingerprint density at radius 1 is 0.439 bits per heavy atom. The molecule has 7 fully saturated rings. The van der Waals surface area contributed by atoms with Gasteiger partial charge in [0.25, 0.3) is 0 Å². The molecule has 12 unspecified atom stereocenters. The molecule has 41 heavy (non-hydrogen) atoms. The van der Waals surface area contributed by atoms with Gasteiger partial charge in [0, 0.05) is 0 Å². The molecule has 232 valence electrons. The Balaban J connectivity index is 1.21. The summed E-state index contributed by atoms with van der Waals surface area (Å²) in [4.78, 5) is 3.15. The molecule has 0 aromatic carbocycles. The molecule has 6 aliphatic carbocycles. The van der Waals surface area contributed by atoms with Crippen LogP contribution in [0.3, 0.4) is 0 Å². The van der Waals surface area contributed by atoms with E-state index in [1.165, 1.54) is 38.5 Å². The highest BCUT2D eigenvalue weighted by molar-refractivity contribution is 6.60. The Hall–Kier alpha value is 0.0249. The Morgan fingerprint density at radius 2 is 0.829 bits per heavy atom. The predicted molar refractivity (Wildman–Crippen MR) is 177 cm³/mol. The van der Waals surface area contributed by atoms with Crippen molar-refractivity contribution in [2.45, 2.75) is 174 Å². The Labute approximate surface area is 256 Å². The molecule has 1 aliphatic heterocycles. The summed E-state index contributed by atoms with van der Waals surface area (Å²) >= 11 is 0. The lowest BCUT2D eigenvalue weighted by molar-refractivity contribution is 0.0629. The van der Waals surface area contributed by atoms with Crippen molar-refractivity contribution < 1.29 is 0 Å². The van der Waals surface area contributed by atoms with Crippen LogP contribution in [-0.2, 0) is 0 Å². The lowest BCUT2D eigenvalue weighted by atomic mass is 9.30. The minimum Gasteiger partial charge on any atom is -0.337 e. The quantitative estimate of drug-likeness (QED) is 0.302. The molecule has 0 amide bonds. The molecule has 7 aliphatic rings. The van der Waals surface area contributed by atoms with E-state index in [0.717, 1.165) is 89.5 Å². The molecule has 1 heterocycles. The third-order valence-electron chi connectivity index (χ3n) is 16.0. The second kappa shape index (κ2) is 12.1. The van der Waals surface area contributed by atoms with E-state index in [9.17, 15) is 0 Å². The predicted octanol–water partition coefficient (Wildman–Crippen LogP) is 11.0. The van der Waals surface area contributed by atoms with Gasteiger partial charge >= 0.3 is 0 Å². The van der Waals surface area contributed by atoms with Crippen LogP contribution in [0.5, 0.6) is 0 Å². The summed E-state index contributed by atoms with van der Waals surface area (Å²) in [5.74, 6) is 14.6. The first-order chi connectivity index (χ1) is 19.8. The van der Waals surface area contributed by atoms with Crippen LogP contribution in [-0.4, -0.2) is 23.7 Å². The van der Waals surface area contributed by atoms with Crippen LogP contribution >= 0.6 is 0 Å². The molecule has 2 heteroatoms. The summed E-state index contributed by atoms with van der Waals surface area (Å²) in [5, 5.41) is 0. The van der Waals surface area contributed by atoms with Gasteiger partial charge in [-0.15, -0.1) is 0 Å². The van der Waals surface area contributed by atoms with E-state index in [1.54, 1.807) is 70.6 Å². The first kappa shape index (κ1) is 29.7. The highest BCUT2D eigenvalue weighted by Crippen LogP contribution is 2.70. The molecule has 1 saturated heterocycles. The second-order valence-corrected chi connectivity index (χ2v) is 18.2. The monoisotopic (exact) mass is 562 g/mol. The maximum absolute atomic E-state index is 3.15. The highest BCUT2D eigenvalue weighted by atomic mass is 15.1. The second-order valence-electron chi connectivity index (χ2n) is 18.2. The summed E-state index contributed by atoms with van der Waals surface area (Å²) in [6.45, 7) is 16.4. The summed E-state index contributed by atoms with van der Waals surface area (Å²) < 4.78 is 0. The molecule has 0 bridgehead atoms. The van der Waals surface area contributed by atoms with Crippen molar-refractivity contribution in [2.24, 2.45) is 71.0 Å². The van der Waals surface area contributed by atoms with Crippen LogP contribution in [0.25, 0.3) is 0 Å². The fourth-order valence-corrected chi connectivity index (χ4v) is 15.0. The Bertz CT molecular complexity index is 815. The maximum atomic E-state index is 3.15. The third kappa shape index (κ3) is 5.15. The van der Waals surface area contributed by atoms with Crippen LogP contribution in [0.2, 0.25) is 11.6 Å². The number of nitrogens with zero attached hydrogens (tertiary/aromatic N) is 1. The SMILES string of the molecule is CC1CCCCC1C1CCCC2C1C[C@H]1C[C@@H]3CC4C(C5CCCCC5C)CCCC4C3B(N(C(C)C)C(C)C)C21. The van der Waals surface area contributed by atoms with Gasteiger partial charge in [0.2, 0.25) is 6.85 Å². The van der Waals surface area contributed by atoms with Crippen LogP contribution < -0.4 is 0 Å². The van der Waals surface area contributed by atoms with Crippen molar-refractivity contribution in [3.63, 3.8) is 0 Å². The Kier molecular flexibility index (Phi) is 8.76. The van der Waals surface area contributed by atoms with E-state index in [4.69, 9.17) is 0 Å². The molecule has 14 atom stereocenters. The van der Waals surface area contributed by atoms with E-state index in [2.05, 4.69) is 46.4 Å². The molecule has 0 N–H and O–H groups in total. The number of hydrogen-bond donors (Lipinski definition) is 0. The average Bonchev–Trinajstić information content (AvgIpc) is 3.51. The van der Waals surface area contributed by atoms with E-state index in [0.29, 0.717) is 12.1 Å². The van der Waals surface area contributed by atoms with E-state index in [1.807, 2.05) is 0 Å². The van der Waals surface area contributed by atoms with Crippen LogP contribution in [0, 0.1) is 71.0 Å². The van der Waals surface area contributed by atoms with Gasteiger partial charge in [0.05, 0.1) is 0 Å². The standard InChI is InChI=1S/C39H68BN/c1-24(2)41(25(3)4)40-38-28(22-36-32(17-11-19-34(36)38)30-15-9-7-13-26(30)5)21-29-23-37-33(18-12-20-35(37)39(29)40)31-16-10-8-14-27(31)6/h24-39H,7-23H2,1-6H3/t26?,27?,28-,29-,30?,31?,32?,33?,34?,35?,36?,37?,38?,39?/m1/s1. The lowest BCUT2D eigenvalue weighted by Crippen LogP contribution is -2.58. The van der Waals surface area contributed by atoms with Crippen molar-refractivity contribution >= 4 is 6.85 Å². The van der Waals surface area contributed by atoms with E-state index < -0.39 is 0 Å². The average molecular weight is 562 g/mol. The molecular weight excluding hydrogens is 493 g/mol. The molecule has 7 rings (SSSR count). The third-order valence-corrected chi connectivity index (χ3v) is 16.0.